The molecule has 0 spiro atoms. The molecule has 2 rings (SSSR count). The summed E-state index contributed by atoms with van der Waals surface area (Å²) < 4.78 is 6.34. The molecule has 0 bridgehead atoms. The number of carbonyl (C=O) groups excluding carboxylic acids is 7. The van der Waals surface area contributed by atoms with E-state index in [4.69, 9.17) is 16.2 Å². The Bertz CT molecular complexity index is 2090. The first-order valence-electron chi connectivity index (χ1n) is 24.4. The summed E-state index contributed by atoms with van der Waals surface area (Å²) in [7, 11) is 0. The molecule has 1 radical (unpaired) electrons. The van der Waals surface area contributed by atoms with Crippen molar-refractivity contribution in [2.75, 3.05) is 72.1 Å². The van der Waals surface area contributed by atoms with Crippen LogP contribution in [0.3, 0.4) is 0 Å². The van der Waals surface area contributed by atoms with Crippen LogP contribution in [0.25, 0.3) is 11.1 Å². The van der Waals surface area contributed by atoms with Crippen molar-refractivity contribution >= 4 is 53.5 Å². The number of unbranched alkanes of at least 4 members (excludes halogenated alkanes) is 2. The molecule has 0 aliphatic heterocycles. The number of amides is 4. The average Bonchev–Trinajstić information content (AvgIpc) is 3.33. The molecular weight excluding hydrogens is 1090 g/mol. The molecule has 0 aromatic heterocycles. The number of benzene rings is 2. The zero-order valence-corrected chi connectivity index (χ0v) is 44.7. The van der Waals surface area contributed by atoms with Gasteiger partial charge in [0.25, 0.3) is 5.91 Å². The van der Waals surface area contributed by atoms with Gasteiger partial charge in [-0.2, -0.15) is 0 Å². The Kier molecular flexibility index (Phi) is 31.9. The number of guanidine groups is 1. The Morgan fingerprint density at radius 2 is 1.33 bits per heavy atom. The largest absolute Gasteiger partial charge is 3.00 e. The van der Waals surface area contributed by atoms with E-state index in [0.717, 1.165) is 23.3 Å². The van der Waals surface area contributed by atoms with Gasteiger partial charge in [-0.1, -0.05) is 96.7 Å². The predicted octanol–water partition coefficient (Wildman–Crippen LogP) is -4.67. The van der Waals surface area contributed by atoms with Gasteiger partial charge in [0, 0.05) is 39.3 Å². The van der Waals surface area contributed by atoms with Gasteiger partial charge < -0.3 is 60.8 Å². The topological polar surface area (TPSA) is 359 Å². The van der Waals surface area contributed by atoms with Crippen molar-refractivity contribution in [2.24, 2.45) is 17.4 Å². The molecule has 0 fully saturated rings. The second-order valence-electron chi connectivity index (χ2n) is 17.4. The molecule has 0 aliphatic rings. The number of carboxylic acids is 4. The first-order valence-corrected chi connectivity index (χ1v) is 24.4. The van der Waals surface area contributed by atoms with Gasteiger partial charge in [-0.3, -0.25) is 50.3 Å². The van der Waals surface area contributed by atoms with Gasteiger partial charge in [0.05, 0.1) is 42.6 Å². The van der Waals surface area contributed by atoms with E-state index in [9.17, 15) is 58.8 Å². The van der Waals surface area contributed by atoms with Gasteiger partial charge in [-0.15, -0.1) is 0 Å². The summed E-state index contributed by atoms with van der Waals surface area (Å²) in [5, 5.41) is 54.8. The normalized spacial score (nSPS) is 13.1. The van der Waals surface area contributed by atoms with Crippen LogP contribution in [0.1, 0.15) is 89.9 Å². The van der Waals surface area contributed by atoms with E-state index >= 15 is 0 Å². The van der Waals surface area contributed by atoms with Crippen LogP contribution in [0.4, 0.5) is 0 Å². The first-order chi connectivity index (χ1) is 34.2. The number of carboxylic acid groups (broad SMARTS) is 4. The molecule has 405 valence electrons. The van der Waals surface area contributed by atoms with E-state index in [2.05, 4.69) is 26.3 Å². The van der Waals surface area contributed by atoms with Crippen molar-refractivity contribution in [2.45, 2.75) is 104 Å². The molecule has 10 N–H and O–H groups in total. The van der Waals surface area contributed by atoms with Crippen LogP contribution in [0, 0.1) is 45.9 Å². The van der Waals surface area contributed by atoms with E-state index in [1.807, 2.05) is 56.0 Å². The minimum absolute atomic E-state index is 0. The van der Waals surface area contributed by atoms with E-state index in [0.29, 0.717) is 37.9 Å². The molecule has 4 amide bonds. The maximum absolute atomic E-state index is 14.1. The third kappa shape index (κ3) is 25.3. The van der Waals surface area contributed by atoms with E-state index in [1.54, 1.807) is 32.0 Å². The molecule has 0 heterocycles. The summed E-state index contributed by atoms with van der Waals surface area (Å²) in [5.41, 5.74) is 12.5. The fourth-order valence-corrected chi connectivity index (χ4v) is 7.80. The summed E-state index contributed by atoms with van der Waals surface area (Å²) in [4.78, 5) is 109. The third-order valence-corrected chi connectivity index (χ3v) is 11.9. The van der Waals surface area contributed by atoms with E-state index < -0.39 is 104 Å². The monoisotopic (exact) mass is 1170 g/mol. The van der Waals surface area contributed by atoms with Crippen LogP contribution in [0.2, 0.25) is 0 Å². The first kappa shape index (κ1) is 65.5. The van der Waals surface area contributed by atoms with Crippen LogP contribution in [-0.4, -0.2) is 169 Å². The van der Waals surface area contributed by atoms with Crippen molar-refractivity contribution in [1.82, 2.24) is 36.0 Å². The third-order valence-electron chi connectivity index (χ3n) is 11.9. The van der Waals surface area contributed by atoms with Crippen molar-refractivity contribution < 1.29 is 108 Å². The van der Waals surface area contributed by atoms with Crippen LogP contribution >= 0.6 is 0 Å². The summed E-state index contributed by atoms with van der Waals surface area (Å²) in [6.45, 7) is 7.61. The van der Waals surface area contributed by atoms with Gasteiger partial charge in [0.1, 0.15) is 30.5 Å². The quantitative estimate of drug-likeness (QED) is 0.0179. The van der Waals surface area contributed by atoms with Crippen LogP contribution in [-0.2, 0) is 33.6 Å². The summed E-state index contributed by atoms with van der Waals surface area (Å²) in [5.74, 6) is -8.97. The maximum Gasteiger partial charge on any atom is 3.00 e. The van der Waals surface area contributed by atoms with Crippen LogP contribution in [0.15, 0.2) is 48.5 Å². The number of ether oxygens (including phenoxy) is 1. The minimum Gasteiger partial charge on any atom is -0.549 e. The number of hydrogen-bond donors (Lipinski definition) is 8. The molecule has 4 unspecified atom stereocenters. The van der Waals surface area contributed by atoms with Crippen molar-refractivity contribution in [1.29, 1.82) is 0 Å². The zero-order chi connectivity index (χ0) is 53.8. The number of nitrogens with one attached hydrogen (secondary N) is 5. The number of likely N-dealkylation sites (N-methyl/N-ethyl adjacent to an activating group) is 1. The summed E-state index contributed by atoms with van der Waals surface area (Å²) in [6.07, 6.45) is 3.13. The fourth-order valence-electron chi connectivity index (χ4n) is 7.80. The minimum atomic E-state index is -1.53. The van der Waals surface area contributed by atoms with Gasteiger partial charge in [-0.25, -0.2) is 4.79 Å². The van der Waals surface area contributed by atoms with Crippen LogP contribution in [0.5, 0.6) is 5.75 Å². The molecule has 0 aliphatic carbocycles. The number of aliphatic carboxylic acids is 4. The molecule has 0 saturated heterocycles. The standard InChI is InChI=1S/C49H76N10O13.Gd/c1-6-10-12-18-38(48(70)71)55-46(68)37(19-15-22-52-49(50)51)54-47(69)44(32(5)7-2)56-40(60)26-53-45(67)36-25-34(33-16-13-11-14-17-33)20-21-39(36)72-31-35(59(8-3)9-4)27-57(28-41(61)62)23-24-58(29-42(63)64)30-43(65)66;/h11,13-14,16-17,20-21,25,32,35,37-38,44H,6-10,12,15,18-19,22-24,26-31H2,1-5H3,(H,53,67)(H,54,69)(H,55,68)(H,56,60)(H,61,62)(H,63,64)(H,65,66)(H,70,71)(H4,50,51,52);/q;+3/p-2/t32?,35-,37?,38?,44?;/m1./s1. The Morgan fingerprint density at radius 1 is 0.740 bits per heavy atom. The summed E-state index contributed by atoms with van der Waals surface area (Å²) >= 11 is 0. The summed E-state index contributed by atoms with van der Waals surface area (Å²) in [6, 6.07) is 9.98. The molecule has 2 aromatic rings. The van der Waals surface area contributed by atoms with Crippen molar-refractivity contribution in [3.05, 3.63) is 54.1 Å². The predicted molar refractivity (Wildman–Crippen MR) is 260 cm³/mol. The average molecular weight is 1170 g/mol. The fraction of sp³-hybridized carbons (Fsp3) is 0.571. The molecule has 2 aromatic carbocycles. The smallest absolute Gasteiger partial charge is 0.549 e. The van der Waals surface area contributed by atoms with E-state index in [1.165, 1.54) is 4.90 Å². The molecule has 23 nitrogen and oxygen atoms in total. The Hall–Kier alpha value is -5.53. The van der Waals surface area contributed by atoms with Crippen molar-refractivity contribution in [3.8, 4) is 16.9 Å². The van der Waals surface area contributed by atoms with E-state index in [-0.39, 0.29) is 103 Å². The second kappa shape index (κ2) is 35.6. The van der Waals surface area contributed by atoms with Gasteiger partial charge in [0.2, 0.25) is 17.7 Å². The zero-order valence-electron chi connectivity index (χ0n) is 42.4. The number of rotatable bonds is 37. The molecule has 24 heteroatoms. The second-order valence-corrected chi connectivity index (χ2v) is 17.4. The Labute approximate surface area is 459 Å². The van der Waals surface area contributed by atoms with Crippen molar-refractivity contribution in [3.63, 3.8) is 0 Å². The number of hydrogen-bond acceptors (Lipinski definition) is 15. The van der Waals surface area contributed by atoms with Gasteiger partial charge in [-0.05, 0) is 61.5 Å². The molecule has 0 saturated carbocycles. The Morgan fingerprint density at radius 3 is 1.89 bits per heavy atom. The number of nitrogens with two attached hydrogens (primary N) is 2. The molecule has 73 heavy (non-hydrogen) atoms. The number of carbonyl (C=O) groups is 8. The number of nitrogens with zero attached hydrogens (tertiary/aromatic N) is 3. The maximum atomic E-state index is 14.1. The van der Waals surface area contributed by atoms with Gasteiger partial charge in [0.15, 0.2) is 0 Å². The Balaban J connectivity index is 0.0000266. The van der Waals surface area contributed by atoms with Crippen LogP contribution < -0.4 is 57.8 Å². The molecular formula is C49H74GdN10O13+. The SMILES string of the molecule is CCCCCC(NC(=O)C(CCC[NH+]=C(N)N)NC(=O)C(NC(=O)CNC(=O)c1cc(-c2ccccc2)ccc1OC[C@@H](CN(CCN(CC(=O)[O-])CC(=O)[O-])CC(=O)[O-])N(CC)CC)C(C)CC)C(=O)O.[Gd+3]. The molecule has 5 atom stereocenters. The van der Waals surface area contributed by atoms with Gasteiger partial charge >= 0.3 is 51.9 Å².